The van der Waals surface area contributed by atoms with Crippen LogP contribution in [0.4, 0.5) is 0 Å². The van der Waals surface area contributed by atoms with Gasteiger partial charge >= 0.3 is 0 Å². The predicted molar refractivity (Wildman–Crippen MR) is 137 cm³/mol. The van der Waals surface area contributed by atoms with Gasteiger partial charge in [0.15, 0.2) is 0 Å². The summed E-state index contributed by atoms with van der Waals surface area (Å²) in [6.07, 6.45) is 5.87. The molecule has 0 N–H and O–H groups in total. The third kappa shape index (κ3) is 5.14. The molecule has 1 aliphatic heterocycles. The van der Waals surface area contributed by atoms with Gasteiger partial charge in [0.1, 0.15) is 0 Å². The Morgan fingerprint density at radius 1 is 0.909 bits per heavy atom. The highest BCUT2D eigenvalue weighted by Gasteiger charge is 2.22. The molecule has 1 aliphatic rings. The number of pyridine rings is 2. The number of allylic oxidation sites excluding steroid dienone is 2. The monoisotopic (exact) mass is 434 g/mol. The summed E-state index contributed by atoms with van der Waals surface area (Å²) < 4.78 is 0. The van der Waals surface area contributed by atoms with Crippen LogP contribution in [0, 0.1) is 6.92 Å². The van der Waals surface area contributed by atoms with Crippen LogP contribution < -0.4 is 0 Å². The molecule has 1 fully saturated rings. The summed E-state index contributed by atoms with van der Waals surface area (Å²) in [4.78, 5) is 13.8. The van der Waals surface area contributed by atoms with Crippen molar-refractivity contribution in [3.8, 4) is 11.4 Å². The van der Waals surface area contributed by atoms with E-state index in [1.807, 2.05) is 30.5 Å². The van der Waals surface area contributed by atoms with Crippen molar-refractivity contribution in [3.05, 3.63) is 114 Å². The third-order valence-corrected chi connectivity index (χ3v) is 5.87. The molecule has 4 heteroatoms. The summed E-state index contributed by atoms with van der Waals surface area (Å²) in [6, 6.07) is 18.5. The van der Waals surface area contributed by atoms with Gasteiger partial charge in [0.05, 0.1) is 17.1 Å². The molecular formula is C29H30N4. The van der Waals surface area contributed by atoms with Crippen molar-refractivity contribution in [3.63, 3.8) is 0 Å². The molecule has 166 valence electrons. The van der Waals surface area contributed by atoms with Gasteiger partial charge in [-0.3, -0.25) is 9.97 Å². The van der Waals surface area contributed by atoms with Crippen molar-refractivity contribution in [1.29, 1.82) is 0 Å². The van der Waals surface area contributed by atoms with Gasteiger partial charge in [-0.05, 0) is 49.8 Å². The molecule has 3 aromatic rings. The van der Waals surface area contributed by atoms with Gasteiger partial charge < -0.3 is 9.80 Å². The minimum atomic E-state index is 0.861. The Morgan fingerprint density at radius 2 is 1.61 bits per heavy atom. The van der Waals surface area contributed by atoms with E-state index in [1.54, 1.807) is 6.20 Å². The number of aryl methyl sites for hydroxylation is 1. The zero-order valence-electron chi connectivity index (χ0n) is 19.5. The number of hydrogen-bond acceptors (Lipinski definition) is 4. The number of hydrogen-bond donors (Lipinski definition) is 0. The van der Waals surface area contributed by atoms with E-state index < -0.39 is 0 Å². The molecule has 33 heavy (non-hydrogen) atoms. The molecule has 0 aliphatic carbocycles. The van der Waals surface area contributed by atoms with Crippen LogP contribution in [-0.4, -0.2) is 45.9 Å². The van der Waals surface area contributed by atoms with E-state index >= 15 is 0 Å². The second kappa shape index (κ2) is 10.2. The van der Waals surface area contributed by atoms with E-state index in [0.717, 1.165) is 54.4 Å². The lowest BCUT2D eigenvalue weighted by Crippen LogP contribution is -2.44. The normalized spacial score (nSPS) is 14.1. The Hall–Kier alpha value is -3.88. The first kappa shape index (κ1) is 22.3. The average molecular weight is 435 g/mol. The average Bonchev–Trinajstić information content (AvgIpc) is 2.85. The van der Waals surface area contributed by atoms with Gasteiger partial charge in [0.25, 0.3) is 0 Å². The quantitative estimate of drug-likeness (QED) is 0.362. The van der Waals surface area contributed by atoms with Crippen LogP contribution in [0.2, 0.25) is 0 Å². The van der Waals surface area contributed by atoms with Crippen molar-refractivity contribution >= 4 is 11.4 Å². The molecule has 0 unspecified atom stereocenters. The molecule has 0 bridgehead atoms. The molecule has 0 atom stereocenters. The zero-order chi connectivity index (χ0) is 23.2. The summed E-state index contributed by atoms with van der Waals surface area (Å²) in [5.41, 5.74) is 11.7. The second-order valence-corrected chi connectivity index (χ2v) is 8.34. The van der Waals surface area contributed by atoms with Crippen LogP contribution in [0.1, 0.15) is 23.6 Å². The summed E-state index contributed by atoms with van der Waals surface area (Å²) >= 11 is 0. The molecule has 0 radical (unpaired) electrons. The molecule has 2 aromatic heterocycles. The van der Waals surface area contributed by atoms with Crippen molar-refractivity contribution < 1.29 is 0 Å². The van der Waals surface area contributed by atoms with Crippen molar-refractivity contribution in [2.24, 2.45) is 0 Å². The lowest BCUT2D eigenvalue weighted by molar-refractivity contribution is 0.238. The van der Waals surface area contributed by atoms with Crippen LogP contribution in [0.3, 0.4) is 0 Å². The van der Waals surface area contributed by atoms with Crippen LogP contribution in [0.15, 0.2) is 97.5 Å². The van der Waals surface area contributed by atoms with E-state index in [1.165, 1.54) is 16.8 Å². The highest BCUT2D eigenvalue weighted by molar-refractivity contribution is 5.70. The standard InChI is InChI=1S/C29H30N4/c1-5-28(24-13-14-27(31-21-24)26-12-8-9-15-30-26)32-16-18-33(19-17-32)29(20-22(2)3)25-11-7-6-10-23(25)4/h6-15,20-21H,1-2,16-19H2,3-4H3/b29-20+. The van der Waals surface area contributed by atoms with E-state index in [2.05, 4.69) is 88.9 Å². The fourth-order valence-corrected chi connectivity index (χ4v) is 4.20. The molecule has 3 heterocycles. The fourth-order valence-electron chi connectivity index (χ4n) is 4.20. The lowest BCUT2D eigenvalue weighted by Gasteiger charge is -2.39. The minimum Gasteiger partial charge on any atom is -0.367 e. The molecule has 0 amide bonds. The Balaban J connectivity index is 1.50. The van der Waals surface area contributed by atoms with E-state index in [4.69, 9.17) is 0 Å². The third-order valence-electron chi connectivity index (χ3n) is 5.87. The van der Waals surface area contributed by atoms with Gasteiger partial charge in [-0.15, -0.1) is 5.73 Å². The largest absolute Gasteiger partial charge is 0.367 e. The Morgan fingerprint density at radius 3 is 2.21 bits per heavy atom. The molecule has 1 aromatic carbocycles. The Labute approximate surface area is 196 Å². The number of rotatable bonds is 6. The Bertz CT molecular complexity index is 1190. The maximum atomic E-state index is 4.63. The van der Waals surface area contributed by atoms with E-state index in [-0.39, 0.29) is 0 Å². The summed E-state index contributed by atoms with van der Waals surface area (Å²) in [7, 11) is 0. The maximum absolute atomic E-state index is 4.63. The van der Waals surface area contributed by atoms with Crippen LogP contribution in [0.25, 0.3) is 22.8 Å². The molecule has 4 nitrogen and oxygen atoms in total. The van der Waals surface area contributed by atoms with Gasteiger partial charge in [0, 0.05) is 55.4 Å². The highest BCUT2D eigenvalue weighted by atomic mass is 15.3. The highest BCUT2D eigenvalue weighted by Crippen LogP contribution is 2.28. The first-order valence-electron chi connectivity index (χ1n) is 11.3. The van der Waals surface area contributed by atoms with Crippen LogP contribution in [-0.2, 0) is 0 Å². The van der Waals surface area contributed by atoms with Crippen LogP contribution in [0.5, 0.6) is 0 Å². The van der Waals surface area contributed by atoms with Crippen molar-refractivity contribution in [2.75, 3.05) is 26.2 Å². The number of piperazine rings is 1. The van der Waals surface area contributed by atoms with Crippen molar-refractivity contribution in [1.82, 2.24) is 19.8 Å². The van der Waals surface area contributed by atoms with E-state index in [9.17, 15) is 0 Å². The zero-order valence-corrected chi connectivity index (χ0v) is 19.5. The van der Waals surface area contributed by atoms with Gasteiger partial charge in [-0.2, -0.15) is 0 Å². The fraction of sp³-hybridized carbons (Fsp3) is 0.207. The van der Waals surface area contributed by atoms with Crippen LogP contribution >= 0.6 is 0 Å². The molecule has 0 saturated carbocycles. The van der Waals surface area contributed by atoms with Gasteiger partial charge in [-0.1, -0.05) is 49.1 Å². The predicted octanol–water partition coefficient (Wildman–Crippen LogP) is 5.81. The SMILES string of the molecule is C=C=C(c1ccc(-c2ccccn2)nc1)N1CCN(/C(=C/C(=C)C)c2ccccc2C)CC1. The number of nitrogens with zero attached hydrogens (tertiary/aromatic N) is 4. The summed E-state index contributed by atoms with van der Waals surface area (Å²) in [6.45, 7) is 15.9. The first-order chi connectivity index (χ1) is 16.1. The second-order valence-electron chi connectivity index (χ2n) is 8.34. The molecule has 1 saturated heterocycles. The van der Waals surface area contributed by atoms with Crippen molar-refractivity contribution in [2.45, 2.75) is 13.8 Å². The van der Waals surface area contributed by atoms with Gasteiger partial charge in [0.2, 0.25) is 0 Å². The first-order valence-corrected chi connectivity index (χ1v) is 11.3. The number of benzene rings is 1. The Kier molecular flexibility index (Phi) is 6.87. The summed E-state index contributed by atoms with van der Waals surface area (Å²) in [5, 5.41) is 0. The van der Waals surface area contributed by atoms with Gasteiger partial charge in [-0.25, -0.2) is 0 Å². The molecular weight excluding hydrogens is 404 g/mol. The number of aromatic nitrogens is 2. The summed E-state index contributed by atoms with van der Waals surface area (Å²) in [5.74, 6) is 0. The molecule has 0 spiro atoms. The maximum Gasteiger partial charge on any atom is 0.0886 e. The topological polar surface area (TPSA) is 32.3 Å². The molecule has 4 rings (SSSR count). The minimum absolute atomic E-state index is 0.861. The van der Waals surface area contributed by atoms with E-state index in [0.29, 0.717) is 0 Å². The lowest BCUT2D eigenvalue weighted by atomic mass is 10.0. The smallest absolute Gasteiger partial charge is 0.0886 e.